The fourth-order valence-electron chi connectivity index (χ4n) is 3.91. The maximum Gasteiger partial charge on any atom is 0.391 e. The molecule has 0 bridgehead atoms. The van der Waals surface area contributed by atoms with Crippen LogP contribution in [-0.2, 0) is 4.74 Å². The van der Waals surface area contributed by atoms with E-state index in [1.807, 2.05) is 0 Å². The molecule has 2 N–H and O–H groups in total. The van der Waals surface area contributed by atoms with Crippen LogP contribution in [0.15, 0.2) is 0 Å². The average molecular weight is 308 g/mol. The maximum atomic E-state index is 12.9. The van der Waals surface area contributed by atoms with Crippen LogP contribution in [-0.4, -0.2) is 49.0 Å². The van der Waals surface area contributed by atoms with Crippen LogP contribution >= 0.6 is 0 Å². The topological polar surface area (TPSA) is 38.5 Å². The molecule has 2 aliphatic rings. The molecule has 1 saturated heterocycles. The summed E-state index contributed by atoms with van der Waals surface area (Å²) >= 11 is 0. The van der Waals surface area contributed by atoms with Gasteiger partial charge in [-0.2, -0.15) is 13.2 Å². The van der Waals surface area contributed by atoms with E-state index in [-0.39, 0.29) is 24.0 Å². The van der Waals surface area contributed by atoms with Crippen LogP contribution in [0.4, 0.5) is 13.2 Å². The number of methoxy groups -OCH3 is 1. The zero-order chi connectivity index (χ0) is 15.7. The van der Waals surface area contributed by atoms with E-state index in [1.54, 1.807) is 7.11 Å². The number of hydrogen-bond acceptors (Lipinski definition) is 3. The Hall–Kier alpha value is -0.330. The van der Waals surface area contributed by atoms with Crippen molar-refractivity contribution in [2.24, 2.45) is 11.7 Å². The summed E-state index contributed by atoms with van der Waals surface area (Å²) in [6.45, 7) is 4.17. The van der Waals surface area contributed by atoms with Gasteiger partial charge >= 0.3 is 6.18 Å². The fourth-order valence-corrected chi connectivity index (χ4v) is 3.91. The lowest BCUT2D eigenvalue weighted by atomic mass is 9.73. The molecular formula is C15H27F3N2O. The second-order valence-electron chi connectivity index (χ2n) is 6.92. The standard InChI is InChI=1S/C15H27F3N2O/c1-13(21-2)6-3-9-20(11-13)14(10-19)7-4-12(5-8-14)15(16,17)18/h12H,3-11,19H2,1-2H3. The normalized spacial score (nSPS) is 39.4. The van der Waals surface area contributed by atoms with Crippen molar-refractivity contribution in [3.8, 4) is 0 Å². The molecule has 2 rings (SSSR count). The van der Waals surface area contributed by atoms with Gasteiger partial charge in [0, 0.05) is 25.7 Å². The number of rotatable bonds is 3. The molecule has 6 heteroatoms. The Labute approximate surface area is 125 Å². The van der Waals surface area contributed by atoms with Gasteiger partial charge in [-0.1, -0.05) is 0 Å². The van der Waals surface area contributed by atoms with Crippen LogP contribution in [0.25, 0.3) is 0 Å². The van der Waals surface area contributed by atoms with E-state index < -0.39 is 12.1 Å². The van der Waals surface area contributed by atoms with Gasteiger partial charge in [0.05, 0.1) is 11.5 Å². The molecule has 0 radical (unpaired) electrons. The van der Waals surface area contributed by atoms with Crippen molar-refractivity contribution < 1.29 is 17.9 Å². The lowest BCUT2D eigenvalue weighted by Crippen LogP contribution is -2.62. The van der Waals surface area contributed by atoms with E-state index in [9.17, 15) is 13.2 Å². The van der Waals surface area contributed by atoms with Crippen LogP contribution < -0.4 is 5.73 Å². The van der Waals surface area contributed by atoms with Crippen molar-refractivity contribution in [2.45, 2.75) is 62.8 Å². The Kier molecular flexibility index (Phi) is 4.90. The van der Waals surface area contributed by atoms with Gasteiger partial charge in [-0.3, -0.25) is 4.90 Å². The SMILES string of the molecule is COC1(C)CCCN(C2(CN)CCC(C(F)(F)F)CC2)C1. The lowest BCUT2D eigenvalue weighted by Gasteiger charge is -2.52. The Bertz CT molecular complexity index is 353. The highest BCUT2D eigenvalue weighted by molar-refractivity contribution is 5.00. The van der Waals surface area contributed by atoms with Crippen molar-refractivity contribution in [2.75, 3.05) is 26.7 Å². The van der Waals surface area contributed by atoms with Gasteiger partial charge in [-0.15, -0.1) is 0 Å². The van der Waals surface area contributed by atoms with Gasteiger partial charge in [0.1, 0.15) is 0 Å². The molecule has 1 heterocycles. The fraction of sp³-hybridized carbons (Fsp3) is 1.00. The first-order valence-electron chi connectivity index (χ1n) is 7.82. The van der Waals surface area contributed by atoms with Crippen molar-refractivity contribution in [1.29, 1.82) is 0 Å². The van der Waals surface area contributed by atoms with Crippen LogP contribution in [0.1, 0.15) is 45.4 Å². The minimum absolute atomic E-state index is 0.195. The van der Waals surface area contributed by atoms with Crippen molar-refractivity contribution in [3.05, 3.63) is 0 Å². The van der Waals surface area contributed by atoms with E-state index in [1.165, 1.54) is 0 Å². The quantitative estimate of drug-likeness (QED) is 0.871. The number of piperidine rings is 1. The Morgan fingerprint density at radius 3 is 2.33 bits per heavy atom. The molecule has 0 aromatic carbocycles. The summed E-state index contributed by atoms with van der Waals surface area (Å²) < 4.78 is 44.2. The second kappa shape index (κ2) is 6.05. The highest BCUT2D eigenvalue weighted by Crippen LogP contribution is 2.44. The summed E-state index contributed by atoms with van der Waals surface area (Å²) in [6.07, 6.45) is -0.604. The van der Waals surface area contributed by atoms with Gasteiger partial charge < -0.3 is 10.5 Å². The van der Waals surface area contributed by atoms with E-state index in [2.05, 4.69) is 11.8 Å². The molecule has 2 fully saturated rings. The smallest absolute Gasteiger partial charge is 0.377 e. The molecule has 1 atom stereocenters. The zero-order valence-electron chi connectivity index (χ0n) is 13.0. The van der Waals surface area contributed by atoms with Gasteiger partial charge in [-0.05, 0) is 52.0 Å². The third-order valence-electron chi connectivity index (χ3n) is 5.58. The third-order valence-corrected chi connectivity index (χ3v) is 5.58. The number of hydrogen-bond donors (Lipinski definition) is 1. The molecule has 124 valence electrons. The molecule has 1 unspecified atom stereocenters. The number of halogens is 3. The molecule has 3 nitrogen and oxygen atoms in total. The molecule has 0 aromatic rings. The lowest BCUT2D eigenvalue weighted by molar-refractivity contribution is -0.190. The van der Waals surface area contributed by atoms with Crippen molar-refractivity contribution >= 4 is 0 Å². The number of nitrogens with zero attached hydrogens (tertiary/aromatic N) is 1. The van der Waals surface area contributed by atoms with Crippen LogP contribution in [0.2, 0.25) is 0 Å². The summed E-state index contributed by atoms with van der Waals surface area (Å²) in [5.41, 5.74) is 5.51. The van der Waals surface area contributed by atoms with Gasteiger partial charge in [0.25, 0.3) is 0 Å². The van der Waals surface area contributed by atoms with E-state index in [4.69, 9.17) is 10.5 Å². The third kappa shape index (κ3) is 3.54. The Balaban J connectivity index is 2.06. The summed E-state index contributed by atoms with van der Waals surface area (Å²) in [4.78, 5) is 2.30. The highest BCUT2D eigenvalue weighted by Gasteiger charge is 2.49. The van der Waals surface area contributed by atoms with Crippen LogP contribution in [0.5, 0.6) is 0 Å². The molecule has 1 aliphatic heterocycles. The molecule has 1 saturated carbocycles. The van der Waals surface area contributed by atoms with Gasteiger partial charge in [0.15, 0.2) is 0 Å². The monoisotopic (exact) mass is 308 g/mol. The number of nitrogens with two attached hydrogens (primary N) is 1. The molecular weight excluding hydrogens is 281 g/mol. The van der Waals surface area contributed by atoms with Crippen molar-refractivity contribution in [1.82, 2.24) is 4.90 Å². The van der Waals surface area contributed by atoms with E-state index >= 15 is 0 Å². The van der Waals surface area contributed by atoms with Crippen molar-refractivity contribution in [3.63, 3.8) is 0 Å². The summed E-state index contributed by atoms with van der Waals surface area (Å²) in [5, 5.41) is 0. The molecule has 0 spiro atoms. The number of alkyl halides is 3. The molecule has 21 heavy (non-hydrogen) atoms. The maximum absolute atomic E-state index is 12.9. The molecule has 1 aliphatic carbocycles. The average Bonchev–Trinajstić information content (AvgIpc) is 2.46. The number of likely N-dealkylation sites (tertiary alicyclic amines) is 1. The van der Waals surface area contributed by atoms with Gasteiger partial charge in [-0.25, -0.2) is 0 Å². The summed E-state index contributed by atoms with van der Waals surface area (Å²) in [6, 6.07) is 0. The van der Waals surface area contributed by atoms with Crippen LogP contribution in [0.3, 0.4) is 0 Å². The summed E-state index contributed by atoms with van der Waals surface area (Å²) in [7, 11) is 1.71. The first kappa shape index (κ1) is 17.0. The van der Waals surface area contributed by atoms with E-state index in [0.29, 0.717) is 19.4 Å². The second-order valence-corrected chi connectivity index (χ2v) is 6.92. The largest absolute Gasteiger partial charge is 0.391 e. The van der Waals surface area contributed by atoms with Crippen LogP contribution in [0, 0.1) is 5.92 Å². The number of ether oxygens (including phenoxy) is 1. The highest BCUT2D eigenvalue weighted by atomic mass is 19.4. The first-order valence-corrected chi connectivity index (χ1v) is 7.82. The predicted octanol–water partition coefficient (Wildman–Crippen LogP) is 2.94. The minimum Gasteiger partial charge on any atom is -0.377 e. The van der Waals surface area contributed by atoms with Gasteiger partial charge in [0.2, 0.25) is 0 Å². The summed E-state index contributed by atoms with van der Waals surface area (Å²) in [5.74, 6) is -1.16. The Morgan fingerprint density at radius 1 is 1.24 bits per heavy atom. The predicted molar refractivity (Wildman–Crippen MR) is 76.0 cm³/mol. The van der Waals surface area contributed by atoms with E-state index in [0.717, 1.165) is 25.9 Å². The molecule has 0 amide bonds. The Morgan fingerprint density at radius 2 is 1.86 bits per heavy atom. The molecule has 0 aromatic heterocycles. The first-order chi connectivity index (χ1) is 9.75. The minimum atomic E-state index is -4.07. The zero-order valence-corrected chi connectivity index (χ0v) is 13.0.